The first-order chi connectivity index (χ1) is 8.92. The summed E-state index contributed by atoms with van der Waals surface area (Å²) in [7, 11) is 0. The van der Waals surface area contributed by atoms with Gasteiger partial charge in [-0.15, -0.1) is 0 Å². The summed E-state index contributed by atoms with van der Waals surface area (Å²) in [6.45, 7) is 2.45. The van der Waals surface area contributed by atoms with Crippen LogP contribution in [0.5, 0.6) is 0 Å². The Labute approximate surface area is 108 Å². The van der Waals surface area contributed by atoms with E-state index in [0.717, 1.165) is 0 Å². The van der Waals surface area contributed by atoms with Crippen LogP contribution in [0.3, 0.4) is 0 Å². The molecule has 1 rings (SSSR count). The van der Waals surface area contributed by atoms with Crippen LogP contribution in [0.2, 0.25) is 0 Å². The zero-order chi connectivity index (χ0) is 14.5. The SMILES string of the molecule is CCN(CCC#N)c1cc(NN)nc(C(F)(F)F)n1. The molecular formula is C10H13F3N6. The highest BCUT2D eigenvalue weighted by molar-refractivity contribution is 5.49. The molecule has 0 aliphatic heterocycles. The fraction of sp³-hybridized carbons (Fsp3) is 0.500. The monoisotopic (exact) mass is 274 g/mol. The summed E-state index contributed by atoms with van der Waals surface area (Å²) >= 11 is 0. The van der Waals surface area contributed by atoms with E-state index in [1.807, 2.05) is 6.07 Å². The number of hydrogen-bond acceptors (Lipinski definition) is 6. The van der Waals surface area contributed by atoms with E-state index in [4.69, 9.17) is 11.1 Å². The van der Waals surface area contributed by atoms with Crippen molar-refractivity contribution in [1.82, 2.24) is 9.97 Å². The summed E-state index contributed by atoms with van der Waals surface area (Å²) in [5.74, 6) is 3.77. The average molecular weight is 274 g/mol. The van der Waals surface area contributed by atoms with Gasteiger partial charge in [-0.25, -0.2) is 15.8 Å². The van der Waals surface area contributed by atoms with Gasteiger partial charge in [0.15, 0.2) is 0 Å². The number of rotatable bonds is 5. The van der Waals surface area contributed by atoms with Crippen LogP contribution in [-0.4, -0.2) is 23.1 Å². The molecule has 1 heterocycles. The van der Waals surface area contributed by atoms with E-state index in [1.54, 1.807) is 11.8 Å². The second-order valence-corrected chi connectivity index (χ2v) is 3.56. The van der Waals surface area contributed by atoms with E-state index < -0.39 is 12.0 Å². The lowest BCUT2D eigenvalue weighted by Gasteiger charge is -2.21. The molecule has 0 aromatic carbocycles. The first-order valence-electron chi connectivity index (χ1n) is 5.47. The van der Waals surface area contributed by atoms with Crippen LogP contribution in [0.15, 0.2) is 6.07 Å². The van der Waals surface area contributed by atoms with Gasteiger partial charge in [-0.05, 0) is 6.92 Å². The van der Waals surface area contributed by atoms with Gasteiger partial charge in [0.25, 0.3) is 0 Å². The third-order valence-corrected chi connectivity index (χ3v) is 2.31. The zero-order valence-corrected chi connectivity index (χ0v) is 10.2. The molecule has 0 fully saturated rings. The van der Waals surface area contributed by atoms with Gasteiger partial charge in [-0.1, -0.05) is 0 Å². The summed E-state index contributed by atoms with van der Waals surface area (Å²) < 4.78 is 37.9. The number of halogens is 3. The van der Waals surface area contributed by atoms with Crippen molar-refractivity contribution in [3.63, 3.8) is 0 Å². The number of aromatic nitrogens is 2. The Morgan fingerprint density at radius 1 is 1.47 bits per heavy atom. The topological polar surface area (TPSA) is 90.9 Å². The molecule has 0 spiro atoms. The second-order valence-electron chi connectivity index (χ2n) is 3.56. The summed E-state index contributed by atoms with van der Waals surface area (Å²) in [4.78, 5) is 8.26. The second kappa shape index (κ2) is 6.19. The van der Waals surface area contributed by atoms with Gasteiger partial charge in [-0.2, -0.15) is 18.4 Å². The lowest BCUT2D eigenvalue weighted by molar-refractivity contribution is -0.144. The standard InChI is InChI=1S/C10H13F3N6/c1-2-19(5-3-4-14)8-6-7(18-15)16-9(17-8)10(11,12)13/h6H,2-3,5,15H2,1H3,(H,16,17,18). The van der Waals surface area contributed by atoms with Crippen molar-refractivity contribution < 1.29 is 13.2 Å². The highest BCUT2D eigenvalue weighted by atomic mass is 19.4. The highest BCUT2D eigenvalue weighted by Gasteiger charge is 2.35. The molecule has 0 atom stereocenters. The number of hydrogen-bond donors (Lipinski definition) is 2. The Balaban J connectivity index is 3.15. The van der Waals surface area contributed by atoms with Crippen LogP contribution >= 0.6 is 0 Å². The Morgan fingerprint density at radius 2 is 2.16 bits per heavy atom. The van der Waals surface area contributed by atoms with Crippen molar-refractivity contribution in [1.29, 1.82) is 5.26 Å². The number of hydrazine groups is 1. The maximum absolute atomic E-state index is 12.6. The lowest BCUT2D eigenvalue weighted by Crippen LogP contribution is -2.27. The number of nitrogens with two attached hydrogens (primary N) is 1. The van der Waals surface area contributed by atoms with Gasteiger partial charge in [0, 0.05) is 19.2 Å². The largest absolute Gasteiger partial charge is 0.451 e. The van der Waals surface area contributed by atoms with Gasteiger partial charge >= 0.3 is 6.18 Å². The van der Waals surface area contributed by atoms with Crippen molar-refractivity contribution in [3.05, 3.63) is 11.9 Å². The third kappa shape index (κ3) is 3.96. The summed E-state index contributed by atoms with van der Waals surface area (Å²) in [5.41, 5.74) is 2.07. The first kappa shape index (κ1) is 15.0. The smallest absolute Gasteiger partial charge is 0.356 e. The van der Waals surface area contributed by atoms with E-state index >= 15 is 0 Å². The van der Waals surface area contributed by atoms with E-state index in [9.17, 15) is 13.2 Å². The minimum Gasteiger partial charge on any atom is -0.356 e. The van der Waals surface area contributed by atoms with Crippen LogP contribution < -0.4 is 16.2 Å². The molecule has 0 bridgehead atoms. The van der Waals surface area contributed by atoms with Crippen molar-refractivity contribution in [2.45, 2.75) is 19.5 Å². The third-order valence-electron chi connectivity index (χ3n) is 2.31. The van der Waals surface area contributed by atoms with Gasteiger partial charge in [0.2, 0.25) is 5.82 Å². The summed E-state index contributed by atoms with van der Waals surface area (Å²) in [5, 5.41) is 8.52. The highest BCUT2D eigenvalue weighted by Crippen LogP contribution is 2.29. The maximum Gasteiger partial charge on any atom is 0.451 e. The maximum atomic E-state index is 12.6. The molecule has 0 unspecified atom stereocenters. The Kier molecular flexibility index (Phi) is 4.88. The lowest BCUT2D eigenvalue weighted by atomic mass is 10.3. The predicted octanol–water partition coefficient (Wildman–Crippen LogP) is 1.52. The van der Waals surface area contributed by atoms with Crippen LogP contribution in [-0.2, 0) is 6.18 Å². The molecule has 19 heavy (non-hydrogen) atoms. The number of nitrogen functional groups attached to an aromatic ring is 1. The summed E-state index contributed by atoms with van der Waals surface area (Å²) in [6, 6.07) is 3.23. The fourth-order valence-corrected chi connectivity index (χ4v) is 1.42. The van der Waals surface area contributed by atoms with E-state index in [-0.39, 0.29) is 24.6 Å². The fourth-order valence-electron chi connectivity index (χ4n) is 1.42. The number of anilines is 2. The van der Waals surface area contributed by atoms with Crippen LogP contribution in [0.1, 0.15) is 19.2 Å². The Bertz CT molecular complexity index is 467. The van der Waals surface area contributed by atoms with Gasteiger partial charge in [0.05, 0.1) is 12.5 Å². The van der Waals surface area contributed by atoms with Gasteiger partial charge in [-0.3, -0.25) is 0 Å². The molecule has 0 radical (unpaired) electrons. The number of nitriles is 1. The molecule has 1 aromatic heterocycles. The number of nitrogens with one attached hydrogen (secondary N) is 1. The Hall–Kier alpha value is -2.08. The number of alkyl halides is 3. The molecule has 0 saturated heterocycles. The molecule has 0 amide bonds. The van der Waals surface area contributed by atoms with Crippen LogP contribution in [0.4, 0.5) is 24.8 Å². The van der Waals surface area contributed by atoms with Gasteiger partial charge < -0.3 is 10.3 Å². The normalized spacial score (nSPS) is 10.9. The zero-order valence-electron chi connectivity index (χ0n) is 10.2. The molecule has 0 aliphatic carbocycles. The molecule has 104 valence electrons. The molecule has 1 aromatic rings. The molecule has 3 N–H and O–H groups in total. The first-order valence-corrected chi connectivity index (χ1v) is 5.47. The van der Waals surface area contributed by atoms with Crippen LogP contribution in [0, 0.1) is 11.3 Å². The quantitative estimate of drug-likeness (QED) is 0.625. The molecular weight excluding hydrogens is 261 g/mol. The predicted molar refractivity (Wildman–Crippen MR) is 63.0 cm³/mol. The van der Waals surface area contributed by atoms with E-state index in [2.05, 4.69) is 15.4 Å². The molecule has 0 aliphatic rings. The minimum absolute atomic E-state index is 0.0769. The molecule has 9 heteroatoms. The average Bonchev–Trinajstić information content (AvgIpc) is 2.38. The van der Waals surface area contributed by atoms with Crippen molar-refractivity contribution in [2.75, 3.05) is 23.4 Å². The molecule has 6 nitrogen and oxygen atoms in total. The summed E-state index contributed by atoms with van der Waals surface area (Å²) in [6.07, 6.45) is -4.47. The van der Waals surface area contributed by atoms with Crippen LogP contribution in [0.25, 0.3) is 0 Å². The number of nitrogens with zero attached hydrogens (tertiary/aromatic N) is 4. The van der Waals surface area contributed by atoms with Gasteiger partial charge in [0.1, 0.15) is 11.6 Å². The van der Waals surface area contributed by atoms with Crippen molar-refractivity contribution >= 4 is 11.6 Å². The van der Waals surface area contributed by atoms with E-state index in [1.165, 1.54) is 6.07 Å². The van der Waals surface area contributed by atoms with Crippen molar-refractivity contribution in [2.24, 2.45) is 5.84 Å². The Morgan fingerprint density at radius 3 is 2.63 bits per heavy atom. The minimum atomic E-state index is -4.66. The van der Waals surface area contributed by atoms with Crippen molar-refractivity contribution in [3.8, 4) is 6.07 Å². The van der Waals surface area contributed by atoms with E-state index in [0.29, 0.717) is 6.54 Å². The molecule has 0 saturated carbocycles.